The summed E-state index contributed by atoms with van der Waals surface area (Å²) in [4.78, 5) is 0. The van der Waals surface area contributed by atoms with E-state index in [1.54, 1.807) is 0 Å². The highest BCUT2D eigenvalue weighted by Crippen LogP contribution is 2.25. The second kappa shape index (κ2) is 4.65. The zero-order chi connectivity index (χ0) is 12.4. The highest BCUT2D eigenvalue weighted by atomic mass is 15.5. The predicted molar refractivity (Wildman–Crippen MR) is 76.0 cm³/mol. The van der Waals surface area contributed by atoms with E-state index in [1.165, 1.54) is 11.3 Å². The number of rotatable bonds is 2. The van der Waals surface area contributed by atoms with Gasteiger partial charge in [-0.15, -0.1) is 0 Å². The molecule has 0 saturated carbocycles. The monoisotopic (exact) mass is 236 g/mol. The van der Waals surface area contributed by atoms with Crippen molar-refractivity contribution in [3.05, 3.63) is 66.2 Å². The summed E-state index contributed by atoms with van der Waals surface area (Å²) in [7, 11) is 0. The van der Waals surface area contributed by atoms with E-state index in [1.807, 2.05) is 12.1 Å². The summed E-state index contributed by atoms with van der Waals surface area (Å²) in [6.07, 6.45) is 0.999. The first-order valence-electron chi connectivity index (χ1n) is 6.32. The lowest BCUT2D eigenvalue weighted by atomic mass is 10.1. The summed E-state index contributed by atoms with van der Waals surface area (Å²) in [6, 6.07) is 21.2. The van der Waals surface area contributed by atoms with Gasteiger partial charge in [0, 0.05) is 6.42 Å². The molecule has 2 heteroatoms. The van der Waals surface area contributed by atoms with Gasteiger partial charge in [0.2, 0.25) is 0 Å². The SMILES string of the molecule is CC1CC(c2ccccc2)=NN1c1ccccc1. The molecule has 2 nitrogen and oxygen atoms in total. The van der Waals surface area contributed by atoms with Gasteiger partial charge in [0.05, 0.1) is 17.4 Å². The van der Waals surface area contributed by atoms with Crippen LogP contribution < -0.4 is 5.01 Å². The van der Waals surface area contributed by atoms with E-state index < -0.39 is 0 Å². The van der Waals surface area contributed by atoms with E-state index in [0.717, 1.165) is 12.1 Å². The highest BCUT2D eigenvalue weighted by Gasteiger charge is 2.24. The lowest BCUT2D eigenvalue weighted by Crippen LogP contribution is -2.22. The van der Waals surface area contributed by atoms with Gasteiger partial charge in [-0.3, -0.25) is 5.01 Å². The van der Waals surface area contributed by atoms with Crippen LogP contribution in [0.5, 0.6) is 0 Å². The summed E-state index contributed by atoms with van der Waals surface area (Å²) in [5.41, 5.74) is 3.56. The molecule has 1 aliphatic heterocycles. The van der Waals surface area contributed by atoms with E-state index in [4.69, 9.17) is 5.10 Å². The van der Waals surface area contributed by atoms with Crippen molar-refractivity contribution in [3.63, 3.8) is 0 Å². The van der Waals surface area contributed by atoms with Crippen LogP contribution in [-0.4, -0.2) is 11.8 Å². The number of nitrogens with zero attached hydrogens (tertiary/aromatic N) is 2. The average molecular weight is 236 g/mol. The van der Waals surface area contributed by atoms with Crippen LogP contribution >= 0.6 is 0 Å². The minimum absolute atomic E-state index is 0.419. The second-order valence-electron chi connectivity index (χ2n) is 4.65. The maximum absolute atomic E-state index is 4.76. The first kappa shape index (κ1) is 11.0. The van der Waals surface area contributed by atoms with Gasteiger partial charge < -0.3 is 0 Å². The molecule has 0 radical (unpaired) electrons. The average Bonchev–Trinajstić information content (AvgIpc) is 2.83. The molecule has 0 spiro atoms. The van der Waals surface area contributed by atoms with Gasteiger partial charge in [0.25, 0.3) is 0 Å². The van der Waals surface area contributed by atoms with Crippen molar-refractivity contribution in [1.29, 1.82) is 0 Å². The fraction of sp³-hybridized carbons (Fsp3) is 0.188. The van der Waals surface area contributed by atoms with Crippen molar-refractivity contribution in [2.75, 3.05) is 5.01 Å². The van der Waals surface area contributed by atoms with E-state index >= 15 is 0 Å². The predicted octanol–water partition coefficient (Wildman–Crippen LogP) is 3.69. The van der Waals surface area contributed by atoms with Crippen LogP contribution in [0.1, 0.15) is 18.9 Å². The Bertz CT molecular complexity index is 546. The first-order valence-corrected chi connectivity index (χ1v) is 6.32. The summed E-state index contributed by atoms with van der Waals surface area (Å²) in [5, 5.41) is 6.87. The first-order chi connectivity index (χ1) is 8.84. The van der Waals surface area contributed by atoms with Crippen LogP contribution in [-0.2, 0) is 0 Å². The Labute approximate surface area is 108 Å². The Morgan fingerprint density at radius 1 is 0.944 bits per heavy atom. The molecule has 18 heavy (non-hydrogen) atoms. The molecule has 2 aromatic rings. The largest absolute Gasteiger partial charge is 0.262 e. The molecule has 1 aliphatic rings. The Balaban J connectivity index is 1.92. The molecule has 1 unspecified atom stereocenters. The molecule has 0 fully saturated rings. The zero-order valence-corrected chi connectivity index (χ0v) is 10.5. The third-order valence-electron chi connectivity index (χ3n) is 3.26. The Kier molecular flexibility index (Phi) is 2.85. The van der Waals surface area contributed by atoms with Crippen LogP contribution in [0.4, 0.5) is 5.69 Å². The van der Waals surface area contributed by atoms with E-state index in [9.17, 15) is 0 Å². The standard InChI is InChI=1S/C16H16N2/c1-13-12-16(14-8-4-2-5-9-14)17-18(13)15-10-6-3-7-11-15/h2-11,13H,12H2,1H3. The molecule has 1 atom stereocenters. The normalized spacial score (nSPS) is 18.8. The summed E-state index contributed by atoms with van der Waals surface area (Å²) >= 11 is 0. The molecule has 90 valence electrons. The van der Waals surface area contributed by atoms with Gasteiger partial charge in [0.15, 0.2) is 0 Å². The molecule has 1 heterocycles. The third kappa shape index (κ3) is 2.02. The molecule has 0 bridgehead atoms. The smallest absolute Gasteiger partial charge is 0.0703 e. The van der Waals surface area contributed by atoms with Crippen molar-refractivity contribution >= 4 is 11.4 Å². The quantitative estimate of drug-likeness (QED) is 0.776. The molecule has 3 rings (SSSR count). The molecule has 0 saturated heterocycles. The molecule has 0 aromatic heterocycles. The van der Waals surface area contributed by atoms with Crippen molar-refractivity contribution in [1.82, 2.24) is 0 Å². The van der Waals surface area contributed by atoms with Gasteiger partial charge in [-0.25, -0.2) is 0 Å². The van der Waals surface area contributed by atoms with Gasteiger partial charge in [0.1, 0.15) is 0 Å². The fourth-order valence-corrected chi connectivity index (χ4v) is 2.33. The van der Waals surface area contributed by atoms with Gasteiger partial charge in [-0.1, -0.05) is 48.5 Å². The number of hydrazone groups is 1. The summed E-state index contributed by atoms with van der Waals surface area (Å²) in [6.45, 7) is 2.21. The van der Waals surface area contributed by atoms with Gasteiger partial charge in [-0.05, 0) is 24.6 Å². The number of benzene rings is 2. The van der Waals surface area contributed by atoms with Crippen LogP contribution in [0.3, 0.4) is 0 Å². The maximum Gasteiger partial charge on any atom is 0.0703 e. The van der Waals surface area contributed by atoms with E-state index in [2.05, 4.69) is 60.5 Å². The van der Waals surface area contributed by atoms with Crippen LogP contribution in [0.2, 0.25) is 0 Å². The van der Waals surface area contributed by atoms with Crippen molar-refractivity contribution in [2.45, 2.75) is 19.4 Å². The van der Waals surface area contributed by atoms with Crippen LogP contribution in [0.25, 0.3) is 0 Å². The van der Waals surface area contributed by atoms with Crippen molar-refractivity contribution < 1.29 is 0 Å². The second-order valence-corrected chi connectivity index (χ2v) is 4.65. The number of anilines is 1. The van der Waals surface area contributed by atoms with Crippen molar-refractivity contribution in [2.24, 2.45) is 5.10 Å². The van der Waals surface area contributed by atoms with Crippen LogP contribution in [0, 0.1) is 0 Å². The molecule has 0 amide bonds. The van der Waals surface area contributed by atoms with Gasteiger partial charge in [-0.2, -0.15) is 5.10 Å². The molecule has 0 aliphatic carbocycles. The lowest BCUT2D eigenvalue weighted by Gasteiger charge is -2.19. The summed E-state index contributed by atoms with van der Waals surface area (Å²) in [5.74, 6) is 0. The molecular formula is C16H16N2. The minimum Gasteiger partial charge on any atom is -0.262 e. The molecular weight excluding hydrogens is 220 g/mol. The third-order valence-corrected chi connectivity index (χ3v) is 3.26. The highest BCUT2D eigenvalue weighted by molar-refractivity contribution is 6.03. The van der Waals surface area contributed by atoms with Crippen molar-refractivity contribution in [3.8, 4) is 0 Å². The number of hydrogen-bond acceptors (Lipinski definition) is 2. The van der Waals surface area contributed by atoms with Gasteiger partial charge >= 0.3 is 0 Å². The molecule has 2 aromatic carbocycles. The fourth-order valence-electron chi connectivity index (χ4n) is 2.33. The topological polar surface area (TPSA) is 15.6 Å². The van der Waals surface area contributed by atoms with E-state index in [-0.39, 0.29) is 0 Å². The number of para-hydroxylation sites is 1. The van der Waals surface area contributed by atoms with Crippen LogP contribution in [0.15, 0.2) is 65.8 Å². The maximum atomic E-state index is 4.76. The Hall–Kier alpha value is -2.09. The number of hydrogen-bond donors (Lipinski definition) is 0. The lowest BCUT2D eigenvalue weighted by molar-refractivity contribution is 0.724. The summed E-state index contributed by atoms with van der Waals surface area (Å²) < 4.78 is 0. The van der Waals surface area contributed by atoms with E-state index in [0.29, 0.717) is 6.04 Å². The minimum atomic E-state index is 0.419. The Morgan fingerprint density at radius 2 is 1.56 bits per heavy atom. The molecule has 0 N–H and O–H groups in total. The zero-order valence-electron chi connectivity index (χ0n) is 10.5. The Morgan fingerprint density at radius 3 is 2.22 bits per heavy atom.